The molecule has 2 aromatic carbocycles. The number of hydrogen-bond acceptors (Lipinski definition) is 3. The minimum absolute atomic E-state index is 0.0113. The summed E-state index contributed by atoms with van der Waals surface area (Å²) in [5, 5.41) is 9.38. The van der Waals surface area contributed by atoms with Crippen LogP contribution in [0.25, 0.3) is 0 Å². The molecule has 0 saturated heterocycles. The number of hydrogen-bond donors (Lipinski definition) is 2. The monoisotopic (exact) mass is 274 g/mol. The van der Waals surface area contributed by atoms with E-state index in [-0.39, 0.29) is 22.9 Å². The molecule has 0 fully saturated rings. The lowest BCUT2D eigenvalue weighted by Gasteiger charge is -2.17. The quantitative estimate of drug-likeness (QED) is 0.844. The van der Waals surface area contributed by atoms with Gasteiger partial charge in [0.25, 0.3) is 5.91 Å². The Hall–Kier alpha value is -2.56. The topological polar surface area (TPSA) is 66.6 Å². The first-order valence-corrected chi connectivity index (χ1v) is 6.06. The third kappa shape index (κ3) is 3.06. The van der Waals surface area contributed by atoms with Gasteiger partial charge in [-0.2, -0.15) is 0 Å². The average molecular weight is 274 g/mol. The van der Waals surface area contributed by atoms with Gasteiger partial charge < -0.3 is 15.7 Å². The van der Waals surface area contributed by atoms with Gasteiger partial charge in [0.15, 0.2) is 0 Å². The number of phenols is 1. The van der Waals surface area contributed by atoms with Gasteiger partial charge in [-0.3, -0.25) is 4.79 Å². The predicted octanol–water partition coefficient (Wildman–Crippen LogP) is 2.39. The Morgan fingerprint density at radius 3 is 2.70 bits per heavy atom. The van der Waals surface area contributed by atoms with Crippen LogP contribution >= 0.6 is 0 Å². The van der Waals surface area contributed by atoms with Crippen LogP contribution in [-0.4, -0.2) is 23.0 Å². The Labute approximate surface area is 116 Å². The first-order chi connectivity index (χ1) is 9.47. The van der Waals surface area contributed by atoms with E-state index in [4.69, 9.17) is 5.73 Å². The third-order valence-corrected chi connectivity index (χ3v) is 2.92. The van der Waals surface area contributed by atoms with Crippen LogP contribution in [0.1, 0.15) is 15.9 Å². The number of nitrogens with two attached hydrogens (primary N) is 1. The molecule has 0 aromatic heterocycles. The van der Waals surface area contributed by atoms with Crippen molar-refractivity contribution in [3.05, 3.63) is 59.4 Å². The molecule has 20 heavy (non-hydrogen) atoms. The van der Waals surface area contributed by atoms with Gasteiger partial charge in [-0.15, -0.1) is 0 Å². The first-order valence-electron chi connectivity index (χ1n) is 6.06. The van der Waals surface area contributed by atoms with Crippen molar-refractivity contribution in [3.8, 4) is 5.75 Å². The number of anilines is 1. The fourth-order valence-corrected chi connectivity index (χ4v) is 1.88. The molecule has 3 N–H and O–H groups in total. The molecular weight excluding hydrogens is 259 g/mol. The van der Waals surface area contributed by atoms with E-state index in [2.05, 4.69) is 0 Å². The molecule has 0 radical (unpaired) electrons. The fourth-order valence-electron chi connectivity index (χ4n) is 1.88. The average Bonchev–Trinajstić information content (AvgIpc) is 2.41. The summed E-state index contributed by atoms with van der Waals surface area (Å²) in [6.45, 7) is 0.319. The Morgan fingerprint density at radius 1 is 1.30 bits per heavy atom. The zero-order valence-electron chi connectivity index (χ0n) is 11.0. The van der Waals surface area contributed by atoms with E-state index >= 15 is 0 Å². The molecule has 0 aliphatic carbocycles. The Kier molecular flexibility index (Phi) is 3.89. The molecule has 0 spiro atoms. The molecule has 0 heterocycles. The zero-order chi connectivity index (χ0) is 14.7. The maximum absolute atomic E-state index is 13.4. The lowest BCUT2D eigenvalue weighted by molar-refractivity contribution is 0.0784. The highest BCUT2D eigenvalue weighted by molar-refractivity contribution is 5.94. The fraction of sp³-hybridized carbons (Fsp3) is 0.133. The van der Waals surface area contributed by atoms with Crippen LogP contribution in [0.4, 0.5) is 10.1 Å². The molecule has 0 aliphatic rings. The summed E-state index contributed by atoms with van der Waals surface area (Å²) in [5.41, 5.74) is 6.41. The Morgan fingerprint density at radius 2 is 2.05 bits per heavy atom. The van der Waals surface area contributed by atoms with Gasteiger partial charge in [-0.25, -0.2) is 4.39 Å². The summed E-state index contributed by atoms with van der Waals surface area (Å²) in [4.78, 5) is 13.6. The highest BCUT2D eigenvalue weighted by Crippen LogP contribution is 2.16. The SMILES string of the molecule is CN(Cc1cccc(O)c1)C(=O)c1ccc(N)c(F)c1. The molecule has 1 amide bonds. The summed E-state index contributed by atoms with van der Waals surface area (Å²) in [6.07, 6.45) is 0. The summed E-state index contributed by atoms with van der Waals surface area (Å²) in [7, 11) is 1.61. The van der Waals surface area contributed by atoms with Crippen molar-refractivity contribution >= 4 is 11.6 Å². The second-order valence-electron chi connectivity index (χ2n) is 4.57. The van der Waals surface area contributed by atoms with Gasteiger partial charge in [0, 0.05) is 19.2 Å². The molecule has 2 rings (SSSR count). The Balaban J connectivity index is 2.14. The van der Waals surface area contributed by atoms with Crippen molar-refractivity contribution in [3.63, 3.8) is 0 Å². The van der Waals surface area contributed by atoms with Crippen LogP contribution in [0.3, 0.4) is 0 Å². The molecule has 104 valence electrons. The van der Waals surface area contributed by atoms with E-state index in [1.807, 2.05) is 0 Å². The molecule has 0 atom stereocenters. The number of halogens is 1. The second-order valence-corrected chi connectivity index (χ2v) is 4.57. The van der Waals surface area contributed by atoms with Crippen molar-refractivity contribution in [2.75, 3.05) is 12.8 Å². The number of carbonyl (C=O) groups is 1. The van der Waals surface area contributed by atoms with E-state index in [0.29, 0.717) is 6.54 Å². The maximum atomic E-state index is 13.4. The third-order valence-electron chi connectivity index (χ3n) is 2.92. The van der Waals surface area contributed by atoms with Gasteiger partial charge in [-0.1, -0.05) is 12.1 Å². The standard InChI is InChI=1S/C15H15FN2O2/c1-18(9-10-3-2-4-12(19)7-10)15(20)11-5-6-14(17)13(16)8-11/h2-8,19H,9,17H2,1H3. The number of nitrogens with zero attached hydrogens (tertiary/aromatic N) is 1. The summed E-state index contributed by atoms with van der Waals surface area (Å²) < 4.78 is 13.4. The minimum atomic E-state index is -0.610. The highest BCUT2D eigenvalue weighted by atomic mass is 19.1. The smallest absolute Gasteiger partial charge is 0.254 e. The number of phenolic OH excluding ortho intramolecular Hbond substituents is 1. The summed E-state index contributed by atoms with van der Waals surface area (Å²) >= 11 is 0. The van der Waals surface area contributed by atoms with E-state index in [1.165, 1.54) is 17.0 Å². The Bertz CT molecular complexity index is 644. The van der Waals surface area contributed by atoms with Crippen molar-refractivity contribution < 1.29 is 14.3 Å². The summed E-state index contributed by atoms with van der Waals surface area (Å²) in [5.74, 6) is -0.782. The van der Waals surface area contributed by atoms with Crippen LogP contribution in [-0.2, 0) is 6.54 Å². The molecule has 5 heteroatoms. The molecule has 4 nitrogen and oxygen atoms in total. The molecule has 0 unspecified atom stereocenters. The van der Waals surface area contributed by atoms with E-state index < -0.39 is 5.82 Å². The molecule has 0 aliphatic heterocycles. The first kappa shape index (κ1) is 13.9. The van der Waals surface area contributed by atoms with Crippen LogP contribution < -0.4 is 5.73 Å². The van der Waals surface area contributed by atoms with Gasteiger partial charge in [-0.05, 0) is 35.9 Å². The van der Waals surface area contributed by atoms with E-state index in [1.54, 1.807) is 31.3 Å². The number of amides is 1. The van der Waals surface area contributed by atoms with Gasteiger partial charge in [0.1, 0.15) is 11.6 Å². The van der Waals surface area contributed by atoms with Crippen LogP contribution in [0.2, 0.25) is 0 Å². The number of carbonyl (C=O) groups excluding carboxylic acids is 1. The van der Waals surface area contributed by atoms with Gasteiger partial charge >= 0.3 is 0 Å². The maximum Gasteiger partial charge on any atom is 0.254 e. The highest BCUT2D eigenvalue weighted by Gasteiger charge is 2.13. The predicted molar refractivity (Wildman–Crippen MR) is 74.7 cm³/mol. The van der Waals surface area contributed by atoms with E-state index in [9.17, 15) is 14.3 Å². The van der Waals surface area contributed by atoms with E-state index in [0.717, 1.165) is 11.6 Å². The van der Waals surface area contributed by atoms with Crippen molar-refractivity contribution in [1.29, 1.82) is 0 Å². The molecular formula is C15H15FN2O2. The lowest BCUT2D eigenvalue weighted by atomic mass is 10.1. The van der Waals surface area contributed by atoms with Crippen molar-refractivity contribution in [2.24, 2.45) is 0 Å². The van der Waals surface area contributed by atoms with Gasteiger partial charge in [0.2, 0.25) is 0 Å². The van der Waals surface area contributed by atoms with Crippen LogP contribution in [0.15, 0.2) is 42.5 Å². The lowest BCUT2D eigenvalue weighted by Crippen LogP contribution is -2.26. The van der Waals surface area contributed by atoms with Crippen LogP contribution in [0.5, 0.6) is 5.75 Å². The van der Waals surface area contributed by atoms with Gasteiger partial charge in [0.05, 0.1) is 5.69 Å². The van der Waals surface area contributed by atoms with Crippen molar-refractivity contribution in [1.82, 2.24) is 4.90 Å². The van der Waals surface area contributed by atoms with Crippen molar-refractivity contribution in [2.45, 2.75) is 6.54 Å². The molecule has 0 bridgehead atoms. The largest absolute Gasteiger partial charge is 0.508 e. The number of benzene rings is 2. The normalized spacial score (nSPS) is 10.3. The molecule has 0 saturated carbocycles. The number of rotatable bonds is 3. The minimum Gasteiger partial charge on any atom is -0.508 e. The summed E-state index contributed by atoms with van der Waals surface area (Å²) in [6, 6.07) is 10.6. The molecule has 2 aromatic rings. The zero-order valence-corrected chi connectivity index (χ0v) is 11.0. The number of nitrogen functional groups attached to an aromatic ring is 1. The van der Waals surface area contributed by atoms with Crippen LogP contribution in [0, 0.1) is 5.82 Å². The number of aromatic hydroxyl groups is 1. The second kappa shape index (κ2) is 5.61.